The molecule has 1 aliphatic rings. The molecule has 0 aliphatic carbocycles. The lowest BCUT2D eigenvalue weighted by Crippen LogP contribution is -2.32. The molecule has 0 spiro atoms. The number of hydrogen-bond acceptors (Lipinski definition) is 6. The predicted molar refractivity (Wildman–Crippen MR) is 127 cm³/mol. The van der Waals surface area contributed by atoms with Crippen molar-refractivity contribution in [2.24, 2.45) is 0 Å². The van der Waals surface area contributed by atoms with Gasteiger partial charge in [-0.05, 0) is 68.1 Å². The Kier molecular flexibility index (Phi) is 9.51. The van der Waals surface area contributed by atoms with E-state index in [1.807, 2.05) is 6.07 Å². The normalized spacial score (nSPS) is 13.7. The van der Waals surface area contributed by atoms with Crippen molar-refractivity contribution in [1.82, 2.24) is 9.62 Å². The molecule has 32 heavy (non-hydrogen) atoms. The van der Waals surface area contributed by atoms with Crippen LogP contribution in [-0.4, -0.2) is 53.0 Å². The number of fused-ring (bicyclic) bond motifs is 1. The summed E-state index contributed by atoms with van der Waals surface area (Å²) in [5, 5.41) is 0. The van der Waals surface area contributed by atoms with E-state index in [4.69, 9.17) is 9.47 Å². The predicted octanol–water partition coefficient (Wildman–Crippen LogP) is 3.45. The number of rotatable bonds is 10. The van der Waals surface area contributed by atoms with E-state index in [1.165, 1.54) is 42.3 Å². The number of Topliss-reactive ketones (excluding diaryl/α,β-unsaturated/α-hetero) is 1. The largest absolute Gasteiger partial charge is 0.493 e. The Morgan fingerprint density at radius 3 is 2.25 bits per heavy atom. The molecule has 0 saturated heterocycles. The molecule has 0 saturated carbocycles. The van der Waals surface area contributed by atoms with Gasteiger partial charge in [-0.2, -0.15) is 0 Å². The summed E-state index contributed by atoms with van der Waals surface area (Å²) in [5.41, 5.74) is 3.04. The number of halogens is 1. The number of ketones is 1. The van der Waals surface area contributed by atoms with Gasteiger partial charge in [0.1, 0.15) is 0 Å². The molecule has 0 radical (unpaired) electrons. The SMILES string of the molecule is COc1cc2c(cc1OC)CN(CCCCNS(=O)(=O)c1ccc(C(C)=O)cc1)CC2.Cl. The van der Waals surface area contributed by atoms with Crippen molar-refractivity contribution in [2.45, 2.75) is 37.6 Å². The molecule has 7 nitrogen and oxygen atoms in total. The van der Waals surface area contributed by atoms with Gasteiger partial charge in [0, 0.05) is 25.2 Å². The van der Waals surface area contributed by atoms with E-state index in [0.717, 1.165) is 50.4 Å². The summed E-state index contributed by atoms with van der Waals surface area (Å²) in [7, 11) is -0.273. The average Bonchev–Trinajstić information content (AvgIpc) is 2.77. The van der Waals surface area contributed by atoms with Crippen molar-refractivity contribution in [2.75, 3.05) is 33.9 Å². The number of carbonyl (C=O) groups excluding carboxylic acids is 1. The highest BCUT2D eigenvalue weighted by Gasteiger charge is 2.19. The van der Waals surface area contributed by atoms with Crippen molar-refractivity contribution < 1.29 is 22.7 Å². The lowest BCUT2D eigenvalue weighted by molar-refractivity contribution is 0.101. The van der Waals surface area contributed by atoms with Crippen LogP contribution in [0.15, 0.2) is 41.3 Å². The van der Waals surface area contributed by atoms with Crippen LogP contribution in [0.5, 0.6) is 11.5 Å². The fourth-order valence-corrected chi connectivity index (χ4v) is 4.83. The number of carbonyl (C=O) groups is 1. The van der Waals surface area contributed by atoms with E-state index in [2.05, 4.69) is 15.7 Å². The summed E-state index contributed by atoms with van der Waals surface area (Å²) in [4.78, 5) is 13.9. The lowest BCUT2D eigenvalue weighted by Gasteiger charge is -2.29. The maximum Gasteiger partial charge on any atom is 0.240 e. The molecule has 0 bridgehead atoms. The van der Waals surface area contributed by atoms with E-state index in [-0.39, 0.29) is 23.1 Å². The Bertz CT molecular complexity index is 1030. The van der Waals surface area contributed by atoms with E-state index < -0.39 is 10.0 Å². The second kappa shape index (κ2) is 11.7. The summed E-state index contributed by atoms with van der Waals surface area (Å²) >= 11 is 0. The minimum atomic E-state index is -3.56. The Balaban J connectivity index is 0.00000363. The summed E-state index contributed by atoms with van der Waals surface area (Å²) in [6.45, 7) is 4.56. The highest BCUT2D eigenvalue weighted by atomic mass is 35.5. The summed E-state index contributed by atoms with van der Waals surface area (Å²) in [6.07, 6.45) is 2.60. The van der Waals surface area contributed by atoms with Gasteiger partial charge in [-0.1, -0.05) is 12.1 Å². The van der Waals surface area contributed by atoms with Crippen LogP contribution in [0.1, 0.15) is 41.3 Å². The van der Waals surface area contributed by atoms with Crippen LogP contribution in [0.2, 0.25) is 0 Å². The molecule has 3 rings (SSSR count). The molecule has 1 heterocycles. The van der Waals surface area contributed by atoms with Crippen molar-refractivity contribution in [3.05, 3.63) is 53.1 Å². The van der Waals surface area contributed by atoms with E-state index in [9.17, 15) is 13.2 Å². The topological polar surface area (TPSA) is 84.9 Å². The summed E-state index contributed by atoms with van der Waals surface area (Å²) in [5.74, 6) is 1.42. The number of unbranched alkanes of at least 4 members (excludes halogenated alkanes) is 1. The van der Waals surface area contributed by atoms with Crippen LogP contribution in [0.4, 0.5) is 0 Å². The van der Waals surface area contributed by atoms with Gasteiger partial charge in [-0.3, -0.25) is 9.69 Å². The Labute approximate surface area is 196 Å². The molecular weight excluding hydrogens is 452 g/mol. The number of nitrogens with one attached hydrogen (secondary N) is 1. The zero-order valence-electron chi connectivity index (χ0n) is 18.7. The minimum absolute atomic E-state index is 0. The molecule has 1 aliphatic heterocycles. The molecule has 0 fully saturated rings. The zero-order valence-corrected chi connectivity index (χ0v) is 20.4. The Morgan fingerprint density at radius 2 is 1.66 bits per heavy atom. The molecule has 9 heteroatoms. The van der Waals surface area contributed by atoms with Gasteiger partial charge in [-0.15, -0.1) is 12.4 Å². The molecule has 0 amide bonds. The second-order valence-electron chi connectivity index (χ2n) is 7.69. The number of sulfonamides is 1. The van der Waals surface area contributed by atoms with Crippen LogP contribution >= 0.6 is 12.4 Å². The lowest BCUT2D eigenvalue weighted by atomic mass is 9.98. The van der Waals surface area contributed by atoms with Crippen LogP contribution in [0, 0.1) is 0 Å². The standard InChI is InChI=1S/C23H30N2O5S.ClH/c1-17(26)18-6-8-21(9-7-18)31(27,28)24-11-4-5-12-25-13-10-19-14-22(29-2)23(30-3)15-20(19)16-25;/h6-9,14-15,24H,4-5,10-13,16H2,1-3H3;1H. The molecule has 1 N–H and O–H groups in total. The van der Waals surface area contributed by atoms with E-state index in [1.54, 1.807) is 14.2 Å². The smallest absolute Gasteiger partial charge is 0.240 e. The number of nitrogens with zero attached hydrogens (tertiary/aromatic N) is 1. The van der Waals surface area contributed by atoms with Gasteiger partial charge in [0.05, 0.1) is 19.1 Å². The van der Waals surface area contributed by atoms with Crippen molar-refractivity contribution in [1.29, 1.82) is 0 Å². The molecule has 2 aromatic rings. The van der Waals surface area contributed by atoms with Gasteiger partial charge in [-0.25, -0.2) is 13.1 Å². The first kappa shape index (κ1) is 26.1. The van der Waals surface area contributed by atoms with Crippen LogP contribution in [-0.2, 0) is 23.0 Å². The Hall–Kier alpha value is -2.13. The van der Waals surface area contributed by atoms with Crippen molar-refractivity contribution in [3.8, 4) is 11.5 Å². The maximum absolute atomic E-state index is 12.4. The molecule has 176 valence electrons. The van der Waals surface area contributed by atoms with Crippen molar-refractivity contribution >= 4 is 28.2 Å². The summed E-state index contributed by atoms with van der Waals surface area (Å²) < 4.78 is 38.2. The summed E-state index contributed by atoms with van der Waals surface area (Å²) in [6, 6.07) is 10.1. The van der Waals surface area contributed by atoms with Gasteiger partial charge in [0.25, 0.3) is 0 Å². The average molecular weight is 483 g/mol. The highest BCUT2D eigenvalue weighted by molar-refractivity contribution is 7.89. The first-order valence-corrected chi connectivity index (χ1v) is 11.9. The van der Waals surface area contributed by atoms with Crippen molar-refractivity contribution in [3.63, 3.8) is 0 Å². The number of ether oxygens (including phenoxy) is 2. The van der Waals surface area contributed by atoms with Gasteiger partial charge >= 0.3 is 0 Å². The third-order valence-corrected chi connectivity index (χ3v) is 7.04. The quantitative estimate of drug-likeness (QED) is 0.412. The van der Waals surface area contributed by atoms with E-state index in [0.29, 0.717) is 12.1 Å². The second-order valence-corrected chi connectivity index (χ2v) is 9.45. The van der Waals surface area contributed by atoms with Crippen LogP contribution in [0.25, 0.3) is 0 Å². The molecule has 0 aromatic heterocycles. The third-order valence-electron chi connectivity index (χ3n) is 5.56. The van der Waals surface area contributed by atoms with Gasteiger partial charge in [0.15, 0.2) is 17.3 Å². The number of methoxy groups -OCH3 is 2. The van der Waals surface area contributed by atoms with E-state index >= 15 is 0 Å². The first-order chi connectivity index (χ1) is 14.8. The Morgan fingerprint density at radius 1 is 1.03 bits per heavy atom. The fraction of sp³-hybridized carbons (Fsp3) is 0.435. The van der Waals surface area contributed by atoms with Gasteiger partial charge < -0.3 is 9.47 Å². The fourth-order valence-electron chi connectivity index (χ4n) is 3.75. The minimum Gasteiger partial charge on any atom is -0.493 e. The molecule has 0 unspecified atom stereocenters. The highest BCUT2D eigenvalue weighted by Crippen LogP contribution is 2.33. The molecule has 0 atom stereocenters. The van der Waals surface area contributed by atoms with Gasteiger partial charge in [0.2, 0.25) is 10.0 Å². The zero-order chi connectivity index (χ0) is 22.4. The number of hydrogen-bond donors (Lipinski definition) is 1. The molecular formula is C23H31ClN2O5S. The number of benzene rings is 2. The third kappa shape index (κ3) is 6.45. The van der Waals surface area contributed by atoms with Crippen LogP contribution < -0.4 is 14.2 Å². The maximum atomic E-state index is 12.4. The van der Waals surface area contributed by atoms with Crippen LogP contribution in [0.3, 0.4) is 0 Å². The first-order valence-electron chi connectivity index (χ1n) is 10.4. The molecule has 2 aromatic carbocycles. The monoisotopic (exact) mass is 482 g/mol.